The second-order valence-electron chi connectivity index (χ2n) is 6.97. The Hall–Kier alpha value is -3.43. The number of nitrogens with zero attached hydrogens (tertiary/aromatic N) is 4. The number of amides is 1. The molecule has 166 valence electrons. The smallest absolute Gasteiger partial charge is 0.250 e. The Balaban J connectivity index is 1.46. The number of rotatable bonds is 8. The highest BCUT2D eigenvalue weighted by molar-refractivity contribution is 9.10. The summed E-state index contributed by atoms with van der Waals surface area (Å²) in [6.07, 6.45) is 5.00. The summed E-state index contributed by atoms with van der Waals surface area (Å²) in [7, 11) is 0. The highest BCUT2D eigenvalue weighted by atomic mass is 79.9. The lowest BCUT2D eigenvalue weighted by Gasteiger charge is -2.10. The van der Waals surface area contributed by atoms with E-state index in [-0.39, 0.29) is 11.7 Å². The van der Waals surface area contributed by atoms with Crippen LogP contribution in [0, 0.1) is 0 Å². The number of thioether (sulfide) groups is 1. The first-order chi connectivity index (χ1) is 16.1. The van der Waals surface area contributed by atoms with E-state index in [9.17, 15) is 4.79 Å². The first-order valence-corrected chi connectivity index (χ1v) is 11.8. The van der Waals surface area contributed by atoms with Gasteiger partial charge in [-0.2, -0.15) is 5.10 Å². The van der Waals surface area contributed by atoms with Crippen molar-refractivity contribution >= 4 is 45.9 Å². The molecule has 0 atom stereocenters. The Bertz CT molecular complexity index is 1270. The summed E-state index contributed by atoms with van der Waals surface area (Å²) >= 11 is 4.76. The van der Waals surface area contributed by atoms with Gasteiger partial charge < -0.3 is 4.42 Å². The SMILES string of the molecule is CC(C=NNC(=O)CSc1nnc(-c2ccccc2)n1-c1ccc(Br)cc1)=Cc1ccco1. The number of furan rings is 1. The third-order valence-electron chi connectivity index (χ3n) is 4.45. The highest BCUT2D eigenvalue weighted by Gasteiger charge is 2.17. The van der Waals surface area contributed by atoms with Gasteiger partial charge in [-0.25, -0.2) is 5.43 Å². The molecule has 33 heavy (non-hydrogen) atoms. The number of carbonyl (C=O) groups excluding carboxylic acids is 1. The zero-order chi connectivity index (χ0) is 23.0. The summed E-state index contributed by atoms with van der Waals surface area (Å²) in [4.78, 5) is 12.3. The number of aromatic nitrogens is 3. The molecule has 0 aliphatic carbocycles. The van der Waals surface area contributed by atoms with E-state index >= 15 is 0 Å². The summed E-state index contributed by atoms with van der Waals surface area (Å²) in [5.41, 5.74) is 5.23. The fourth-order valence-corrected chi connectivity index (χ4v) is 3.97. The summed E-state index contributed by atoms with van der Waals surface area (Å²) in [6, 6.07) is 21.3. The Morgan fingerprint density at radius 1 is 1.12 bits per heavy atom. The van der Waals surface area contributed by atoms with Crippen LogP contribution < -0.4 is 5.43 Å². The topological polar surface area (TPSA) is 85.3 Å². The second-order valence-corrected chi connectivity index (χ2v) is 8.83. The van der Waals surface area contributed by atoms with Gasteiger partial charge in [0.25, 0.3) is 5.91 Å². The van der Waals surface area contributed by atoms with Gasteiger partial charge in [0.2, 0.25) is 0 Å². The maximum absolute atomic E-state index is 12.3. The van der Waals surface area contributed by atoms with E-state index < -0.39 is 0 Å². The quantitative estimate of drug-likeness (QED) is 0.185. The van der Waals surface area contributed by atoms with Crippen molar-refractivity contribution in [2.24, 2.45) is 5.10 Å². The Morgan fingerprint density at radius 3 is 2.64 bits per heavy atom. The van der Waals surface area contributed by atoms with Crippen LogP contribution in [0.25, 0.3) is 23.2 Å². The zero-order valence-electron chi connectivity index (χ0n) is 17.7. The van der Waals surface area contributed by atoms with Gasteiger partial charge in [-0.05, 0) is 55.0 Å². The van der Waals surface area contributed by atoms with Crippen LogP contribution in [-0.4, -0.2) is 32.6 Å². The monoisotopic (exact) mass is 521 g/mol. The minimum absolute atomic E-state index is 0.141. The van der Waals surface area contributed by atoms with Gasteiger partial charge in [-0.15, -0.1) is 10.2 Å². The Labute approximate surface area is 203 Å². The van der Waals surface area contributed by atoms with Crippen molar-refractivity contribution in [1.29, 1.82) is 0 Å². The van der Waals surface area contributed by atoms with E-state index in [1.165, 1.54) is 11.8 Å². The largest absolute Gasteiger partial charge is 0.465 e. The van der Waals surface area contributed by atoms with E-state index in [0.29, 0.717) is 11.0 Å². The molecule has 0 radical (unpaired) electrons. The van der Waals surface area contributed by atoms with Crippen LogP contribution in [-0.2, 0) is 4.79 Å². The van der Waals surface area contributed by atoms with Crippen molar-refractivity contribution in [2.45, 2.75) is 12.1 Å². The molecule has 0 aliphatic heterocycles. The van der Waals surface area contributed by atoms with E-state index in [4.69, 9.17) is 4.42 Å². The molecule has 0 fully saturated rings. The number of allylic oxidation sites excluding steroid dienone is 1. The van der Waals surface area contributed by atoms with Crippen molar-refractivity contribution in [3.63, 3.8) is 0 Å². The molecule has 0 unspecified atom stereocenters. The molecule has 0 bridgehead atoms. The fraction of sp³-hybridized carbons (Fsp3) is 0.0833. The predicted octanol–water partition coefficient (Wildman–Crippen LogP) is 5.59. The second kappa shape index (κ2) is 10.9. The molecular formula is C24H20BrN5O2S. The number of carbonyl (C=O) groups is 1. The van der Waals surface area contributed by atoms with E-state index in [1.54, 1.807) is 12.5 Å². The lowest BCUT2D eigenvalue weighted by Crippen LogP contribution is -2.20. The molecular weight excluding hydrogens is 502 g/mol. The normalized spacial score (nSPS) is 11.8. The Kier molecular flexibility index (Phi) is 7.54. The molecule has 2 aromatic heterocycles. The summed E-state index contributed by atoms with van der Waals surface area (Å²) in [5.74, 6) is 1.33. The fourth-order valence-electron chi connectivity index (χ4n) is 2.96. The van der Waals surface area contributed by atoms with Gasteiger partial charge in [-0.3, -0.25) is 9.36 Å². The molecule has 2 heterocycles. The lowest BCUT2D eigenvalue weighted by atomic mass is 10.2. The van der Waals surface area contributed by atoms with Crippen LogP contribution >= 0.6 is 27.7 Å². The van der Waals surface area contributed by atoms with Crippen molar-refractivity contribution in [3.8, 4) is 17.1 Å². The summed E-state index contributed by atoms with van der Waals surface area (Å²) in [5, 5.41) is 13.4. The molecule has 7 nitrogen and oxygen atoms in total. The third kappa shape index (κ3) is 6.09. The van der Waals surface area contributed by atoms with Crippen molar-refractivity contribution in [2.75, 3.05) is 5.75 Å². The van der Waals surface area contributed by atoms with Crippen LogP contribution in [0.4, 0.5) is 0 Å². The van der Waals surface area contributed by atoms with Gasteiger partial charge in [0, 0.05) is 15.7 Å². The van der Waals surface area contributed by atoms with Crippen molar-refractivity contribution < 1.29 is 9.21 Å². The number of hydrogen-bond donors (Lipinski definition) is 1. The van der Waals surface area contributed by atoms with Gasteiger partial charge in [-0.1, -0.05) is 58.0 Å². The van der Waals surface area contributed by atoms with Crippen LogP contribution in [0.5, 0.6) is 0 Å². The number of nitrogens with one attached hydrogen (secondary N) is 1. The number of halogens is 1. The van der Waals surface area contributed by atoms with Gasteiger partial charge >= 0.3 is 0 Å². The molecule has 9 heteroatoms. The molecule has 0 saturated heterocycles. The van der Waals surface area contributed by atoms with Gasteiger partial charge in [0.05, 0.1) is 18.2 Å². The van der Waals surface area contributed by atoms with E-state index in [0.717, 1.165) is 27.1 Å². The van der Waals surface area contributed by atoms with E-state index in [1.807, 2.05) is 84.3 Å². The maximum Gasteiger partial charge on any atom is 0.250 e. The van der Waals surface area contributed by atoms with Crippen LogP contribution in [0.1, 0.15) is 12.7 Å². The number of hydrogen-bond acceptors (Lipinski definition) is 6. The zero-order valence-corrected chi connectivity index (χ0v) is 20.1. The lowest BCUT2D eigenvalue weighted by molar-refractivity contribution is -0.118. The summed E-state index contributed by atoms with van der Waals surface area (Å²) in [6.45, 7) is 1.87. The maximum atomic E-state index is 12.3. The third-order valence-corrected chi connectivity index (χ3v) is 5.91. The standard InChI is InChI=1S/C24H20BrN5O2S/c1-17(14-21-8-5-13-32-21)15-26-27-22(31)16-33-24-29-28-23(18-6-3-2-4-7-18)30(24)20-11-9-19(25)10-12-20/h2-15H,16H2,1H3,(H,27,31). The number of benzene rings is 2. The molecule has 2 aromatic carbocycles. The van der Waals surface area contributed by atoms with Crippen LogP contribution in [0.2, 0.25) is 0 Å². The van der Waals surface area contributed by atoms with E-state index in [2.05, 4.69) is 36.7 Å². The predicted molar refractivity (Wildman–Crippen MR) is 134 cm³/mol. The first-order valence-electron chi connectivity index (χ1n) is 10.0. The highest BCUT2D eigenvalue weighted by Crippen LogP contribution is 2.28. The van der Waals surface area contributed by atoms with Crippen molar-refractivity contribution in [3.05, 3.63) is 88.8 Å². The molecule has 0 spiro atoms. The van der Waals surface area contributed by atoms with Crippen LogP contribution in [0.15, 0.2) is 97.7 Å². The molecule has 4 rings (SSSR count). The molecule has 0 aliphatic rings. The van der Waals surface area contributed by atoms with Gasteiger partial charge in [0.1, 0.15) is 5.76 Å². The minimum Gasteiger partial charge on any atom is -0.465 e. The molecule has 4 aromatic rings. The average Bonchev–Trinajstić information content (AvgIpc) is 3.49. The van der Waals surface area contributed by atoms with Crippen LogP contribution in [0.3, 0.4) is 0 Å². The minimum atomic E-state index is -0.242. The summed E-state index contributed by atoms with van der Waals surface area (Å²) < 4.78 is 8.18. The molecule has 1 N–H and O–H groups in total. The first kappa shape index (κ1) is 22.8. The van der Waals surface area contributed by atoms with Crippen molar-refractivity contribution in [1.82, 2.24) is 20.2 Å². The van der Waals surface area contributed by atoms with Gasteiger partial charge in [0.15, 0.2) is 11.0 Å². The Morgan fingerprint density at radius 2 is 1.91 bits per heavy atom. The molecule has 0 saturated carbocycles. The number of hydrazone groups is 1. The molecule has 1 amide bonds. The average molecular weight is 522 g/mol.